The zero-order valence-electron chi connectivity index (χ0n) is 23.6. The molecule has 0 radical (unpaired) electrons. The number of carbonyl (C=O) groups excluding carboxylic acids is 2. The first-order valence-electron chi connectivity index (χ1n) is 14.7. The second-order valence-electron chi connectivity index (χ2n) is 13.6. The summed E-state index contributed by atoms with van der Waals surface area (Å²) in [5.41, 5.74) is -1.96. The summed E-state index contributed by atoms with van der Waals surface area (Å²) in [6.07, 6.45) is 2.67. The van der Waals surface area contributed by atoms with Crippen molar-refractivity contribution in [2.75, 3.05) is 13.7 Å². The second kappa shape index (κ2) is 8.61. The van der Waals surface area contributed by atoms with Crippen LogP contribution in [0.2, 0.25) is 0 Å². The fraction of sp³-hybridized carbons (Fsp3) is 0.800. The maximum Gasteiger partial charge on any atom is 0.331 e. The average Bonchev–Trinajstić information content (AvgIpc) is 3.45. The summed E-state index contributed by atoms with van der Waals surface area (Å²) in [4.78, 5) is 26.0. The molecular formula is C30H40O10. The quantitative estimate of drug-likeness (QED) is 0.341. The number of ether oxygens (including phenoxy) is 5. The van der Waals surface area contributed by atoms with Crippen LogP contribution in [0.5, 0.6) is 0 Å². The van der Waals surface area contributed by atoms with Gasteiger partial charge in [-0.1, -0.05) is 6.92 Å². The van der Waals surface area contributed by atoms with Gasteiger partial charge in [0.05, 0.1) is 29.3 Å². The lowest BCUT2D eigenvalue weighted by molar-refractivity contribution is -0.458. The number of cyclic esters (lactones) is 1. The van der Waals surface area contributed by atoms with Crippen LogP contribution < -0.4 is 0 Å². The standard InChI is InChI=1S/C30H40O10/c1-14-9-21(36-4)30(35)26(38-14)39-19-11-16-5-6-18-23(27(16,2)12-20(19)40-30)24(32)25(33)28(3)17(7-8-29(18,28)34)15-10-22(31)37-13-15/h10,14,16-21,26,32,34-35H,5-9,11-13H2,1-4H3. The molecule has 0 spiro atoms. The van der Waals surface area contributed by atoms with Gasteiger partial charge in [-0.15, -0.1) is 0 Å². The summed E-state index contributed by atoms with van der Waals surface area (Å²) >= 11 is 0. The van der Waals surface area contributed by atoms with Crippen LogP contribution >= 0.6 is 0 Å². The van der Waals surface area contributed by atoms with Gasteiger partial charge in [0, 0.05) is 25.5 Å². The monoisotopic (exact) mass is 560 g/mol. The van der Waals surface area contributed by atoms with Crippen molar-refractivity contribution in [3.05, 3.63) is 23.0 Å². The van der Waals surface area contributed by atoms with E-state index in [1.54, 1.807) is 6.92 Å². The number of carbonyl (C=O) groups is 2. The van der Waals surface area contributed by atoms with Crippen molar-refractivity contribution >= 4 is 11.8 Å². The number of aliphatic hydroxyl groups is 3. The third-order valence-electron chi connectivity index (χ3n) is 11.9. The lowest BCUT2D eigenvalue weighted by Gasteiger charge is -2.62. The summed E-state index contributed by atoms with van der Waals surface area (Å²) in [6.45, 7) is 5.82. The molecule has 12 unspecified atom stereocenters. The molecule has 0 aromatic rings. The lowest BCUT2D eigenvalue weighted by atomic mass is 9.46. The smallest absolute Gasteiger partial charge is 0.331 e. The van der Waals surface area contributed by atoms with E-state index in [4.69, 9.17) is 23.7 Å². The molecule has 7 aliphatic rings. The zero-order chi connectivity index (χ0) is 28.4. The van der Waals surface area contributed by atoms with Crippen LogP contribution in [0.4, 0.5) is 0 Å². The van der Waals surface area contributed by atoms with Crippen molar-refractivity contribution in [1.29, 1.82) is 0 Å². The largest absolute Gasteiger partial charge is 0.504 e. The Balaban J connectivity index is 1.25. The maximum atomic E-state index is 14.1. The first-order chi connectivity index (χ1) is 18.9. The third kappa shape index (κ3) is 3.26. The van der Waals surface area contributed by atoms with E-state index in [1.807, 2.05) is 6.92 Å². The molecule has 2 saturated heterocycles. The van der Waals surface area contributed by atoms with E-state index in [0.29, 0.717) is 49.7 Å². The zero-order valence-corrected chi connectivity index (χ0v) is 23.6. The van der Waals surface area contributed by atoms with Gasteiger partial charge in [-0.05, 0) is 80.8 Å². The minimum Gasteiger partial charge on any atom is -0.504 e. The van der Waals surface area contributed by atoms with Crippen LogP contribution in [0.25, 0.3) is 0 Å². The van der Waals surface area contributed by atoms with Crippen molar-refractivity contribution in [3.63, 3.8) is 0 Å². The number of rotatable bonds is 2. The Kier molecular flexibility index (Phi) is 5.82. The van der Waals surface area contributed by atoms with Gasteiger partial charge in [0.2, 0.25) is 17.9 Å². The Hall–Kier alpha value is -1.82. The number of fused-ring (bicyclic) bond motifs is 7. The highest BCUT2D eigenvalue weighted by Crippen LogP contribution is 2.68. The van der Waals surface area contributed by atoms with E-state index in [-0.39, 0.29) is 36.4 Å². The van der Waals surface area contributed by atoms with Crippen molar-refractivity contribution < 1.29 is 48.6 Å². The number of esters is 1. The first-order valence-corrected chi connectivity index (χ1v) is 14.7. The van der Waals surface area contributed by atoms with E-state index in [9.17, 15) is 24.9 Å². The van der Waals surface area contributed by atoms with E-state index >= 15 is 0 Å². The predicted molar refractivity (Wildman–Crippen MR) is 137 cm³/mol. The van der Waals surface area contributed by atoms with Crippen LogP contribution in [0.1, 0.15) is 65.7 Å². The minimum absolute atomic E-state index is 0.0812. The van der Waals surface area contributed by atoms with Gasteiger partial charge >= 0.3 is 5.97 Å². The molecule has 40 heavy (non-hydrogen) atoms. The second-order valence-corrected chi connectivity index (χ2v) is 13.6. The van der Waals surface area contributed by atoms with Gasteiger partial charge in [-0.2, -0.15) is 0 Å². The predicted octanol–water partition coefficient (Wildman–Crippen LogP) is 2.46. The molecule has 3 saturated carbocycles. The van der Waals surface area contributed by atoms with Crippen molar-refractivity contribution in [2.24, 2.45) is 28.6 Å². The van der Waals surface area contributed by atoms with Gasteiger partial charge in [-0.3, -0.25) is 4.79 Å². The minimum atomic E-state index is -1.78. The Bertz CT molecular complexity index is 1210. The molecule has 12 atom stereocenters. The van der Waals surface area contributed by atoms with Gasteiger partial charge < -0.3 is 39.0 Å². The van der Waals surface area contributed by atoms with Gasteiger partial charge in [0.15, 0.2) is 5.76 Å². The Morgan fingerprint density at radius 2 is 1.80 bits per heavy atom. The summed E-state index contributed by atoms with van der Waals surface area (Å²) in [5.74, 6) is -3.67. The average molecular weight is 561 g/mol. The molecule has 3 aliphatic heterocycles. The highest BCUT2D eigenvalue weighted by atomic mass is 16.8. The Labute approximate surface area is 233 Å². The molecule has 3 N–H and O–H groups in total. The molecule has 3 heterocycles. The number of aliphatic hydroxyl groups excluding tert-OH is 1. The number of hydrogen-bond donors (Lipinski definition) is 3. The highest BCUT2D eigenvalue weighted by molar-refractivity contribution is 6.02. The molecule has 10 nitrogen and oxygen atoms in total. The SMILES string of the molecule is COC1CC(C)OC2OC3CC4CCC5C(=C(O)C(=O)C6(C)C(C7=CC(=O)OC7)CCC56O)C4(C)CC3OC12O. The van der Waals surface area contributed by atoms with Crippen molar-refractivity contribution in [3.8, 4) is 0 Å². The number of Topliss-reactive ketones (excluding diaryl/α,β-unsaturated/α-hetero) is 1. The molecule has 7 rings (SSSR count). The first kappa shape index (κ1) is 27.0. The molecule has 220 valence electrons. The topological polar surface area (TPSA) is 141 Å². The van der Waals surface area contributed by atoms with E-state index < -0.39 is 58.4 Å². The number of ketones is 1. The number of hydrogen-bond acceptors (Lipinski definition) is 10. The molecular weight excluding hydrogens is 520 g/mol. The summed E-state index contributed by atoms with van der Waals surface area (Å²) in [6, 6.07) is 0. The molecule has 5 fully saturated rings. The maximum absolute atomic E-state index is 14.1. The fourth-order valence-corrected chi connectivity index (χ4v) is 9.79. The van der Waals surface area contributed by atoms with Crippen molar-refractivity contribution in [2.45, 2.75) is 108 Å². The van der Waals surface area contributed by atoms with E-state index in [0.717, 1.165) is 6.42 Å². The van der Waals surface area contributed by atoms with Crippen LogP contribution in [-0.2, 0) is 33.3 Å². The molecule has 0 aromatic carbocycles. The molecule has 0 bridgehead atoms. The molecule has 4 aliphatic carbocycles. The highest BCUT2D eigenvalue weighted by Gasteiger charge is 2.72. The summed E-state index contributed by atoms with van der Waals surface area (Å²) < 4.78 is 29.4. The van der Waals surface area contributed by atoms with Crippen LogP contribution in [-0.4, -0.2) is 82.9 Å². The molecule has 10 heteroatoms. The van der Waals surface area contributed by atoms with Gasteiger partial charge in [-0.25, -0.2) is 4.79 Å². The Morgan fingerprint density at radius 3 is 2.50 bits per heavy atom. The normalized spacial score (nSPS) is 53.6. The van der Waals surface area contributed by atoms with Crippen molar-refractivity contribution in [1.82, 2.24) is 0 Å². The lowest BCUT2D eigenvalue weighted by Crippen LogP contribution is -2.70. The number of allylic oxidation sites excluding steroid dienone is 1. The van der Waals surface area contributed by atoms with Crippen LogP contribution in [0.3, 0.4) is 0 Å². The van der Waals surface area contributed by atoms with Gasteiger partial charge in [0.1, 0.15) is 12.7 Å². The molecule has 0 amide bonds. The van der Waals surface area contributed by atoms with Gasteiger partial charge in [0.25, 0.3) is 0 Å². The molecule has 0 aromatic heterocycles. The van der Waals surface area contributed by atoms with Crippen LogP contribution in [0.15, 0.2) is 23.0 Å². The Morgan fingerprint density at radius 1 is 1.02 bits per heavy atom. The van der Waals surface area contributed by atoms with Crippen LogP contribution in [0, 0.1) is 28.6 Å². The summed E-state index contributed by atoms with van der Waals surface area (Å²) in [7, 11) is 1.53. The summed E-state index contributed by atoms with van der Waals surface area (Å²) in [5, 5.41) is 35.7. The fourth-order valence-electron chi connectivity index (χ4n) is 9.79. The van der Waals surface area contributed by atoms with E-state index in [1.165, 1.54) is 13.2 Å². The third-order valence-corrected chi connectivity index (χ3v) is 11.9. The van der Waals surface area contributed by atoms with E-state index in [2.05, 4.69) is 6.92 Å². The number of methoxy groups -OCH3 is 1.